The van der Waals surface area contributed by atoms with Crippen LogP contribution in [0.15, 0.2) is 36.7 Å². The highest BCUT2D eigenvalue weighted by molar-refractivity contribution is 7.91. The molecule has 0 bridgehead atoms. The van der Waals surface area contributed by atoms with Gasteiger partial charge in [0, 0.05) is 13.2 Å². The minimum absolute atomic E-state index is 0.145. The van der Waals surface area contributed by atoms with Crippen LogP contribution in [0.3, 0.4) is 0 Å². The summed E-state index contributed by atoms with van der Waals surface area (Å²) in [6, 6.07) is 8.42. The smallest absolute Gasteiger partial charge is 0.237 e. The van der Waals surface area contributed by atoms with E-state index in [1.807, 2.05) is 6.07 Å². The van der Waals surface area contributed by atoms with Crippen molar-refractivity contribution in [3.63, 3.8) is 0 Å². The van der Waals surface area contributed by atoms with Crippen LogP contribution >= 0.6 is 0 Å². The number of sulfonamides is 1. The predicted molar refractivity (Wildman–Crippen MR) is 70.6 cm³/mol. The van der Waals surface area contributed by atoms with Crippen molar-refractivity contribution < 1.29 is 8.42 Å². The molecule has 0 atom stereocenters. The summed E-state index contributed by atoms with van der Waals surface area (Å²) in [5.74, 6) is -0.145. The van der Waals surface area contributed by atoms with Crippen LogP contribution in [-0.4, -0.2) is 18.2 Å². The third-order valence-electron chi connectivity index (χ3n) is 2.42. The van der Waals surface area contributed by atoms with Crippen LogP contribution < -0.4 is 4.72 Å². The van der Waals surface area contributed by atoms with Crippen LogP contribution in [0.5, 0.6) is 0 Å². The maximum atomic E-state index is 11.9. The molecule has 2 aromatic rings. The van der Waals surface area contributed by atoms with Crippen LogP contribution in [-0.2, 0) is 22.8 Å². The average Bonchev–Trinajstić information content (AvgIpc) is 2.74. The van der Waals surface area contributed by atoms with Crippen LogP contribution in [0.4, 0.5) is 5.69 Å². The van der Waals surface area contributed by atoms with Gasteiger partial charge in [0.1, 0.15) is 0 Å². The normalized spacial score (nSPS) is 10.9. The molecule has 0 fully saturated rings. The summed E-state index contributed by atoms with van der Waals surface area (Å²) in [6.07, 6.45) is 3.02. The summed E-state index contributed by atoms with van der Waals surface area (Å²) in [4.78, 5) is 0. The Labute approximate surface area is 111 Å². The number of benzene rings is 1. The number of nitrogens with zero attached hydrogens (tertiary/aromatic N) is 3. The van der Waals surface area contributed by atoms with Crippen molar-refractivity contribution in [3.8, 4) is 6.07 Å². The second-order valence-corrected chi connectivity index (χ2v) is 5.79. The molecule has 0 amide bonds. The Balaban J connectivity index is 2.10. The molecule has 0 saturated carbocycles. The monoisotopic (exact) mass is 276 g/mol. The summed E-state index contributed by atoms with van der Waals surface area (Å²) >= 11 is 0. The van der Waals surface area contributed by atoms with Crippen LogP contribution in [0, 0.1) is 11.3 Å². The largest absolute Gasteiger partial charge is 0.280 e. The fourth-order valence-electron chi connectivity index (χ4n) is 1.58. The minimum Gasteiger partial charge on any atom is -0.280 e. The number of nitriles is 1. The van der Waals surface area contributed by atoms with Gasteiger partial charge in [-0.15, -0.1) is 0 Å². The standard InChI is InChI=1S/C12H12N4O2S/c1-16-8-12(7-14-16)15-19(17,18)9-11-4-2-10(6-13)3-5-11/h2-5,7-8,15H,9H2,1H3. The number of aromatic nitrogens is 2. The molecular weight excluding hydrogens is 264 g/mol. The number of nitrogens with one attached hydrogen (secondary N) is 1. The van der Waals surface area contributed by atoms with Crippen molar-refractivity contribution in [2.45, 2.75) is 5.75 Å². The minimum atomic E-state index is -3.48. The van der Waals surface area contributed by atoms with E-state index in [0.29, 0.717) is 16.8 Å². The molecule has 1 N–H and O–H groups in total. The lowest BCUT2D eigenvalue weighted by Crippen LogP contribution is -2.14. The zero-order valence-corrected chi connectivity index (χ0v) is 11.1. The van der Waals surface area contributed by atoms with Gasteiger partial charge in [-0.05, 0) is 17.7 Å². The van der Waals surface area contributed by atoms with E-state index in [-0.39, 0.29) is 5.75 Å². The first-order valence-electron chi connectivity index (χ1n) is 5.47. The predicted octanol–water partition coefficient (Wildman–Crippen LogP) is 1.23. The Morgan fingerprint density at radius 1 is 1.37 bits per heavy atom. The summed E-state index contributed by atoms with van der Waals surface area (Å²) in [6.45, 7) is 0. The first kappa shape index (κ1) is 13.1. The highest BCUT2D eigenvalue weighted by Gasteiger charge is 2.12. The van der Waals surface area contributed by atoms with Gasteiger partial charge in [0.15, 0.2) is 0 Å². The van der Waals surface area contributed by atoms with E-state index in [0.717, 1.165) is 0 Å². The number of hydrogen-bond donors (Lipinski definition) is 1. The van der Waals surface area contributed by atoms with Crippen molar-refractivity contribution in [2.24, 2.45) is 7.05 Å². The van der Waals surface area contributed by atoms with E-state index in [2.05, 4.69) is 9.82 Å². The van der Waals surface area contributed by atoms with E-state index < -0.39 is 10.0 Å². The molecule has 0 unspecified atom stereocenters. The van der Waals surface area contributed by atoms with Crippen LogP contribution in [0.2, 0.25) is 0 Å². The molecule has 1 aromatic carbocycles. The zero-order valence-electron chi connectivity index (χ0n) is 10.2. The second-order valence-electron chi connectivity index (χ2n) is 4.07. The third kappa shape index (κ3) is 3.56. The molecule has 0 aliphatic heterocycles. The zero-order chi connectivity index (χ0) is 13.9. The molecule has 1 heterocycles. The van der Waals surface area contributed by atoms with E-state index in [1.165, 1.54) is 10.9 Å². The third-order valence-corrected chi connectivity index (χ3v) is 3.68. The van der Waals surface area contributed by atoms with E-state index >= 15 is 0 Å². The molecule has 0 aliphatic rings. The average molecular weight is 276 g/mol. The lowest BCUT2D eigenvalue weighted by Gasteiger charge is -2.05. The highest BCUT2D eigenvalue weighted by Crippen LogP contribution is 2.12. The molecule has 1 aromatic heterocycles. The van der Waals surface area contributed by atoms with Gasteiger partial charge in [0.25, 0.3) is 0 Å². The van der Waals surface area contributed by atoms with Gasteiger partial charge in [0.05, 0.1) is 29.3 Å². The quantitative estimate of drug-likeness (QED) is 0.909. The Bertz CT molecular complexity index is 711. The van der Waals surface area contributed by atoms with Crippen molar-refractivity contribution in [2.75, 3.05) is 4.72 Å². The first-order valence-corrected chi connectivity index (χ1v) is 7.12. The van der Waals surface area contributed by atoms with Gasteiger partial charge >= 0.3 is 0 Å². The van der Waals surface area contributed by atoms with Crippen LogP contribution in [0.1, 0.15) is 11.1 Å². The molecule has 98 valence electrons. The fourth-order valence-corrected chi connectivity index (χ4v) is 2.75. The lowest BCUT2D eigenvalue weighted by atomic mass is 10.2. The fraction of sp³-hybridized carbons (Fsp3) is 0.167. The lowest BCUT2D eigenvalue weighted by molar-refractivity contribution is 0.600. The molecule has 0 aliphatic carbocycles. The maximum Gasteiger partial charge on any atom is 0.237 e. The van der Waals surface area contributed by atoms with Gasteiger partial charge < -0.3 is 0 Å². The Morgan fingerprint density at radius 2 is 2.05 bits per heavy atom. The van der Waals surface area contributed by atoms with Gasteiger partial charge in [0.2, 0.25) is 10.0 Å². The Kier molecular flexibility index (Phi) is 3.53. The first-order chi connectivity index (χ1) is 8.98. The second kappa shape index (κ2) is 5.12. The van der Waals surface area contributed by atoms with Gasteiger partial charge in [-0.1, -0.05) is 12.1 Å². The molecule has 0 saturated heterocycles. The Hall–Kier alpha value is -2.33. The summed E-state index contributed by atoms with van der Waals surface area (Å²) in [5, 5.41) is 12.6. The molecule has 7 heteroatoms. The van der Waals surface area contributed by atoms with Crippen molar-refractivity contribution >= 4 is 15.7 Å². The SMILES string of the molecule is Cn1cc(NS(=O)(=O)Cc2ccc(C#N)cc2)cn1. The molecular formula is C12H12N4O2S. The summed E-state index contributed by atoms with van der Waals surface area (Å²) in [7, 11) is -1.77. The van der Waals surface area contributed by atoms with Crippen molar-refractivity contribution in [1.82, 2.24) is 9.78 Å². The molecule has 0 spiro atoms. The summed E-state index contributed by atoms with van der Waals surface area (Å²) < 4.78 is 27.8. The van der Waals surface area contributed by atoms with Gasteiger partial charge in [-0.2, -0.15) is 10.4 Å². The van der Waals surface area contributed by atoms with E-state index in [9.17, 15) is 8.42 Å². The highest BCUT2D eigenvalue weighted by atomic mass is 32.2. The van der Waals surface area contributed by atoms with Gasteiger partial charge in [-0.25, -0.2) is 8.42 Å². The van der Waals surface area contributed by atoms with Crippen molar-refractivity contribution in [3.05, 3.63) is 47.8 Å². The molecule has 2 rings (SSSR count). The van der Waals surface area contributed by atoms with E-state index in [1.54, 1.807) is 37.5 Å². The Morgan fingerprint density at radius 3 is 2.58 bits per heavy atom. The van der Waals surface area contributed by atoms with Crippen molar-refractivity contribution in [1.29, 1.82) is 5.26 Å². The van der Waals surface area contributed by atoms with Gasteiger partial charge in [-0.3, -0.25) is 9.40 Å². The molecule has 6 nitrogen and oxygen atoms in total. The topological polar surface area (TPSA) is 87.8 Å². The maximum absolute atomic E-state index is 11.9. The van der Waals surface area contributed by atoms with E-state index in [4.69, 9.17) is 5.26 Å². The number of hydrogen-bond acceptors (Lipinski definition) is 4. The number of anilines is 1. The molecule has 0 radical (unpaired) electrons. The van der Waals surface area contributed by atoms with Crippen LogP contribution in [0.25, 0.3) is 0 Å². The number of aryl methyl sites for hydroxylation is 1. The number of rotatable bonds is 4. The summed E-state index contributed by atoms with van der Waals surface area (Å²) in [5.41, 5.74) is 1.55. The molecule has 19 heavy (non-hydrogen) atoms.